The molecule has 7 atom stereocenters. The quantitative estimate of drug-likeness (QED) is 0.460. The molecule has 2 aliphatic rings. The zero-order valence-electron chi connectivity index (χ0n) is 14.9. The van der Waals surface area contributed by atoms with Crippen molar-refractivity contribution < 1.29 is 39.7 Å². The van der Waals surface area contributed by atoms with E-state index < -0.39 is 36.8 Å². The van der Waals surface area contributed by atoms with Gasteiger partial charge in [-0.3, -0.25) is 0 Å². The Labute approximate surface area is 161 Å². The highest BCUT2D eigenvalue weighted by Crippen LogP contribution is 2.40. The molecular formula is C18H25ClO8. The highest BCUT2D eigenvalue weighted by molar-refractivity contribution is 6.32. The fourth-order valence-corrected chi connectivity index (χ4v) is 3.77. The molecule has 0 radical (unpaired) electrons. The van der Waals surface area contributed by atoms with Crippen LogP contribution in [0.25, 0.3) is 0 Å². The first kappa shape index (κ1) is 20.8. The first-order valence-corrected chi connectivity index (χ1v) is 9.22. The van der Waals surface area contributed by atoms with Gasteiger partial charge in [-0.15, -0.1) is 0 Å². The molecule has 1 aliphatic carbocycles. The lowest BCUT2D eigenvalue weighted by molar-refractivity contribution is -0.357. The van der Waals surface area contributed by atoms with Crippen LogP contribution in [0.5, 0.6) is 5.75 Å². The number of rotatable bonds is 5. The Morgan fingerprint density at radius 2 is 1.89 bits per heavy atom. The number of hydrogen-bond acceptors (Lipinski definition) is 8. The minimum atomic E-state index is -2.35. The number of aliphatic hydroxyl groups excluding tert-OH is 4. The molecule has 1 aromatic carbocycles. The molecule has 8 nitrogen and oxygen atoms in total. The molecule has 2 fully saturated rings. The van der Waals surface area contributed by atoms with Gasteiger partial charge in [0.1, 0.15) is 36.3 Å². The number of hydrogen-bond donors (Lipinski definition) is 5. The van der Waals surface area contributed by atoms with Crippen LogP contribution in [-0.4, -0.2) is 75.9 Å². The molecule has 1 saturated heterocycles. The maximum absolute atomic E-state index is 10.9. The topological polar surface area (TPSA) is 129 Å². The summed E-state index contributed by atoms with van der Waals surface area (Å²) in [5.41, 5.74) is 0.0834. The van der Waals surface area contributed by atoms with Crippen LogP contribution in [0.4, 0.5) is 0 Å². The molecule has 27 heavy (non-hydrogen) atoms. The molecule has 3 rings (SSSR count). The Bertz CT molecular complexity index is 656. The van der Waals surface area contributed by atoms with Gasteiger partial charge >= 0.3 is 0 Å². The third-order valence-electron chi connectivity index (χ3n) is 5.27. The van der Waals surface area contributed by atoms with Gasteiger partial charge in [0, 0.05) is 19.1 Å². The van der Waals surface area contributed by atoms with Crippen LogP contribution in [0.1, 0.15) is 24.8 Å². The predicted octanol–water partition coefficient (Wildman–Crippen LogP) is -0.0948. The largest absolute Gasteiger partial charge is 0.489 e. The Kier molecular flexibility index (Phi) is 6.29. The van der Waals surface area contributed by atoms with Crippen LogP contribution in [0.3, 0.4) is 0 Å². The third kappa shape index (κ3) is 3.94. The SMILES string of the molecule is CO[C@@H]1CC[C@H](Oc2cc([C@@]3(O)O[C@H](CO)[C@@H](O)[C@H](O)[C@H]3O)ccc2Cl)C1. The molecule has 1 saturated carbocycles. The monoisotopic (exact) mass is 404 g/mol. The minimum absolute atomic E-state index is 0.0834. The number of benzene rings is 1. The third-order valence-corrected chi connectivity index (χ3v) is 5.59. The molecule has 1 heterocycles. The Balaban J connectivity index is 1.86. The molecule has 0 unspecified atom stereocenters. The molecule has 0 bridgehead atoms. The predicted molar refractivity (Wildman–Crippen MR) is 94.4 cm³/mol. The van der Waals surface area contributed by atoms with Crippen molar-refractivity contribution in [3.05, 3.63) is 28.8 Å². The van der Waals surface area contributed by atoms with E-state index in [0.717, 1.165) is 12.8 Å². The van der Waals surface area contributed by atoms with Crippen molar-refractivity contribution in [3.63, 3.8) is 0 Å². The zero-order chi connectivity index (χ0) is 19.8. The first-order valence-electron chi connectivity index (χ1n) is 8.84. The summed E-state index contributed by atoms with van der Waals surface area (Å²) in [7, 11) is 1.65. The summed E-state index contributed by atoms with van der Waals surface area (Å²) in [6.45, 7) is -0.648. The summed E-state index contributed by atoms with van der Waals surface area (Å²) < 4.78 is 16.6. The summed E-state index contributed by atoms with van der Waals surface area (Å²) in [4.78, 5) is 0. The van der Waals surface area contributed by atoms with E-state index in [1.165, 1.54) is 18.2 Å². The lowest BCUT2D eigenvalue weighted by Gasteiger charge is -2.45. The van der Waals surface area contributed by atoms with Gasteiger partial charge in [-0.25, -0.2) is 0 Å². The standard InChI is InChI=1S/C18H25ClO8/c1-25-10-3-4-11(7-10)26-13-6-9(2-5-12(13)19)18(24)17(23)16(22)15(21)14(8-20)27-18/h2,5-6,10-11,14-17,20-24H,3-4,7-8H2,1H3/t10-,11+,14-,15-,16+,17-,18-/m1/s1. The van der Waals surface area contributed by atoms with E-state index in [1.807, 2.05) is 0 Å². The van der Waals surface area contributed by atoms with Gasteiger partial charge in [0.05, 0.1) is 17.7 Å². The molecule has 0 spiro atoms. The average Bonchev–Trinajstić information content (AvgIpc) is 3.12. The average molecular weight is 405 g/mol. The molecule has 1 aromatic rings. The summed E-state index contributed by atoms with van der Waals surface area (Å²) in [5, 5.41) is 50.7. The Hall–Kier alpha value is -0.970. The smallest absolute Gasteiger partial charge is 0.222 e. The molecule has 152 valence electrons. The second kappa shape index (κ2) is 8.18. The lowest BCUT2D eigenvalue weighted by Crippen LogP contribution is -2.63. The summed E-state index contributed by atoms with van der Waals surface area (Å²) in [5.74, 6) is -2.05. The van der Waals surface area contributed by atoms with Crippen molar-refractivity contribution >= 4 is 11.6 Å². The molecule has 1 aliphatic heterocycles. The lowest BCUT2D eigenvalue weighted by atomic mass is 9.88. The number of halogens is 1. The molecule has 5 N–H and O–H groups in total. The molecule has 9 heteroatoms. The van der Waals surface area contributed by atoms with Gasteiger partial charge in [0.15, 0.2) is 0 Å². The molecule has 0 aromatic heterocycles. The van der Waals surface area contributed by atoms with Gasteiger partial charge in [-0.2, -0.15) is 0 Å². The maximum atomic E-state index is 10.9. The second-order valence-electron chi connectivity index (χ2n) is 7.02. The van der Waals surface area contributed by atoms with Crippen LogP contribution >= 0.6 is 11.6 Å². The van der Waals surface area contributed by atoms with Crippen molar-refractivity contribution in [3.8, 4) is 5.75 Å². The maximum Gasteiger partial charge on any atom is 0.222 e. The second-order valence-corrected chi connectivity index (χ2v) is 7.42. The molecular weight excluding hydrogens is 380 g/mol. The first-order chi connectivity index (χ1) is 12.8. The van der Waals surface area contributed by atoms with Gasteiger partial charge in [-0.05, 0) is 25.0 Å². The zero-order valence-corrected chi connectivity index (χ0v) is 15.6. The minimum Gasteiger partial charge on any atom is -0.489 e. The summed E-state index contributed by atoms with van der Waals surface area (Å²) in [6, 6.07) is 4.32. The van der Waals surface area contributed by atoms with E-state index >= 15 is 0 Å². The number of aliphatic hydroxyl groups is 5. The van der Waals surface area contributed by atoms with Crippen LogP contribution < -0.4 is 4.74 Å². The van der Waals surface area contributed by atoms with Gasteiger partial charge < -0.3 is 39.7 Å². The van der Waals surface area contributed by atoms with E-state index in [2.05, 4.69) is 0 Å². The number of ether oxygens (including phenoxy) is 3. The summed E-state index contributed by atoms with van der Waals surface area (Å²) >= 11 is 6.20. The van der Waals surface area contributed by atoms with Crippen molar-refractivity contribution in [2.45, 2.75) is 61.7 Å². The van der Waals surface area contributed by atoms with E-state index in [-0.39, 0.29) is 17.8 Å². The fourth-order valence-electron chi connectivity index (χ4n) is 3.61. The van der Waals surface area contributed by atoms with Crippen LogP contribution in [0, 0.1) is 0 Å². The summed E-state index contributed by atoms with van der Waals surface area (Å²) in [6.07, 6.45) is -3.99. The van der Waals surface area contributed by atoms with Gasteiger partial charge in [0.2, 0.25) is 5.79 Å². The van der Waals surface area contributed by atoms with Crippen molar-refractivity contribution in [2.24, 2.45) is 0 Å². The van der Waals surface area contributed by atoms with Crippen LogP contribution in [0.2, 0.25) is 5.02 Å². The number of methoxy groups -OCH3 is 1. The fraction of sp³-hybridized carbons (Fsp3) is 0.667. The molecule has 0 amide bonds. The Morgan fingerprint density at radius 1 is 1.19 bits per heavy atom. The van der Waals surface area contributed by atoms with Gasteiger partial charge in [-0.1, -0.05) is 17.7 Å². The van der Waals surface area contributed by atoms with E-state index in [9.17, 15) is 25.5 Å². The van der Waals surface area contributed by atoms with Gasteiger partial charge in [0.25, 0.3) is 0 Å². The van der Waals surface area contributed by atoms with E-state index in [0.29, 0.717) is 17.2 Å². The highest BCUT2D eigenvalue weighted by Gasteiger charge is 2.53. The Morgan fingerprint density at radius 3 is 2.52 bits per heavy atom. The van der Waals surface area contributed by atoms with Crippen LogP contribution in [0.15, 0.2) is 18.2 Å². The van der Waals surface area contributed by atoms with Crippen molar-refractivity contribution in [1.29, 1.82) is 0 Å². The van der Waals surface area contributed by atoms with Crippen molar-refractivity contribution in [1.82, 2.24) is 0 Å². The van der Waals surface area contributed by atoms with E-state index in [4.69, 9.17) is 25.8 Å². The normalized spacial score (nSPS) is 39.5. The highest BCUT2D eigenvalue weighted by atomic mass is 35.5. The van der Waals surface area contributed by atoms with Crippen molar-refractivity contribution in [2.75, 3.05) is 13.7 Å². The van der Waals surface area contributed by atoms with E-state index in [1.54, 1.807) is 7.11 Å². The van der Waals surface area contributed by atoms with Crippen LogP contribution in [-0.2, 0) is 15.3 Å².